The second kappa shape index (κ2) is 4.37. The summed E-state index contributed by atoms with van der Waals surface area (Å²) in [5.74, 6) is 0.117. The van der Waals surface area contributed by atoms with Gasteiger partial charge < -0.3 is 14.4 Å². The van der Waals surface area contributed by atoms with Crippen LogP contribution in [0.3, 0.4) is 0 Å². The fourth-order valence-corrected chi connectivity index (χ4v) is 3.06. The summed E-state index contributed by atoms with van der Waals surface area (Å²) in [6.45, 7) is 3.66. The molecule has 3 rings (SSSR count). The first kappa shape index (κ1) is 11.7. The largest absolute Gasteiger partial charge is 0.477 e. The van der Waals surface area contributed by atoms with Gasteiger partial charge in [0, 0.05) is 13.0 Å². The van der Waals surface area contributed by atoms with Gasteiger partial charge in [-0.15, -0.1) is 11.3 Å². The van der Waals surface area contributed by atoms with Crippen molar-refractivity contribution in [3.05, 3.63) is 16.8 Å². The Kier molecular flexibility index (Phi) is 2.83. The lowest BCUT2D eigenvalue weighted by molar-refractivity contribution is -0.0589. The molecule has 1 N–H and O–H groups in total. The summed E-state index contributed by atoms with van der Waals surface area (Å²) in [4.78, 5) is 16.6. The minimum absolute atomic E-state index is 0.251. The van der Waals surface area contributed by atoms with Crippen LogP contribution >= 0.6 is 11.3 Å². The van der Waals surface area contributed by atoms with Crippen LogP contribution in [0.4, 0.5) is 0 Å². The molecule has 1 saturated heterocycles. The van der Waals surface area contributed by atoms with Crippen molar-refractivity contribution in [2.75, 3.05) is 6.61 Å². The van der Waals surface area contributed by atoms with Crippen molar-refractivity contribution in [1.29, 1.82) is 0 Å². The SMILES string of the molecule is CCc1nc2sc(C(=O)O)cc2n1CC1CCO1. The number of aromatic nitrogens is 2. The van der Waals surface area contributed by atoms with Crippen LogP contribution in [0.2, 0.25) is 0 Å². The molecule has 1 atom stereocenters. The zero-order valence-corrected chi connectivity index (χ0v) is 10.9. The molecule has 0 radical (unpaired) electrons. The topological polar surface area (TPSA) is 64.3 Å². The molecule has 5 nitrogen and oxygen atoms in total. The van der Waals surface area contributed by atoms with Crippen LogP contribution < -0.4 is 0 Å². The maximum atomic E-state index is 11.0. The Morgan fingerprint density at radius 2 is 2.50 bits per heavy atom. The number of ether oxygens (including phenoxy) is 1. The summed E-state index contributed by atoms with van der Waals surface area (Å²) < 4.78 is 7.54. The summed E-state index contributed by atoms with van der Waals surface area (Å²) in [5, 5.41) is 9.01. The first-order valence-electron chi connectivity index (χ1n) is 6.03. The van der Waals surface area contributed by atoms with Crippen molar-refractivity contribution < 1.29 is 14.6 Å². The van der Waals surface area contributed by atoms with Crippen molar-refractivity contribution in [2.24, 2.45) is 0 Å². The fraction of sp³-hybridized carbons (Fsp3) is 0.500. The fourth-order valence-electron chi connectivity index (χ4n) is 2.17. The van der Waals surface area contributed by atoms with Gasteiger partial charge in [0.05, 0.1) is 18.2 Å². The highest BCUT2D eigenvalue weighted by Crippen LogP contribution is 2.28. The Bertz CT molecular complexity index is 598. The Morgan fingerprint density at radius 3 is 3.06 bits per heavy atom. The lowest BCUT2D eigenvalue weighted by atomic mass is 10.2. The molecule has 1 fully saturated rings. The van der Waals surface area contributed by atoms with Gasteiger partial charge in [0.25, 0.3) is 0 Å². The molecule has 0 bridgehead atoms. The van der Waals surface area contributed by atoms with Gasteiger partial charge in [0.15, 0.2) is 0 Å². The van der Waals surface area contributed by atoms with Gasteiger partial charge in [-0.25, -0.2) is 9.78 Å². The molecular weight excluding hydrogens is 252 g/mol. The van der Waals surface area contributed by atoms with Crippen molar-refractivity contribution in [3.8, 4) is 0 Å². The van der Waals surface area contributed by atoms with Crippen molar-refractivity contribution in [1.82, 2.24) is 9.55 Å². The van der Waals surface area contributed by atoms with E-state index in [0.29, 0.717) is 4.88 Å². The highest BCUT2D eigenvalue weighted by Gasteiger charge is 2.22. The minimum atomic E-state index is -0.887. The Morgan fingerprint density at radius 1 is 1.72 bits per heavy atom. The Hall–Kier alpha value is -1.40. The van der Waals surface area contributed by atoms with Crippen LogP contribution in [0.15, 0.2) is 6.07 Å². The molecule has 3 heterocycles. The van der Waals surface area contributed by atoms with Crippen LogP contribution in [-0.2, 0) is 17.7 Å². The van der Waals surface area contributed by atoms with Crippen molar-refractivity contribution >= 4 is 27.7 Å². The molecule has 96 valence electrons. The second-order valence-electron chi connectivity index (χ2n) is 4.38. The van der Waals surface area contributed by atoms with Gasteiger partial charge in [-0.2, -0.15) is 0 Å². The zero-order chi connectivity index (χ0) is 12.7. The van der Waals surface area contributed by atoms with Gasteiger partial charge in [-0.1, -0.05) is 6.92 Å². The average Bonchev–Trinajstić information content (AvgIpc) is 2.80. The van der Waals surface area contributed by atoms with Gasteiger partial charge in [-0.3, -0.25) is 0 Å². The standard InChI is InChI=1S/C12H14N2O3S/c1-2-10-13-11-8(5-9(18-11)12(15)16)14(10)6-7-3-4-17-7/h5,7H,2-4,6H2,1H3,(H,15,16). The third kappa shape index (κ3) is 1.81. The number of hydrogen-bond donors (Lipinski definition) is 1. The number of carbonyl (C=O) groups is 1. The molecule has 0 spiro atoms. The number of fused-ring (bicyclic) bond motifs is 1. The third-order valence-electron chi connectivity index (χ3n) is 3.23. The number of hydrogen-bond acceptors (Lipinski definition) is 4. The van der Waals surface area contributed by atoms with Crippen molar-refractivity contribution in [2.45, 2.75) is 32.4 Å². The molecule has 6 heteroatoms. The first-order chi connectivity index (χ1) is 8.69. The predicted octanol–water partition coefficient (Wildman–Crippen LogP) is 2.15. The number of rotatable bonds is 4. The van der Waals surface area contributed by atoms with E-state index in [1.165, 1.54) is 11.3 Å². The number of imidazole rings is 1. The van der Waals surface area contributed by atoms with Crippen LogP contribution in [0, 0.1) is 0 Å². The van der Waals surface area contributed by atoms with Crippen LogP contribution in [0.25, 0.3) is 10.3 Å². The van der Waals surface area contributed by atoms with E-state index in [1.54, 1.807) is 6.07 Å². The van der Waals surface area contributed by atoms with Crippen LogP contribution in [-0.4, -0.2) is 33.3 Å². The molecule has 0 aromatic carbocycles. The van der Waals surface area contributed by atoms with E-state index in [0.717, 1.165) is 42.2 Å². The molecule has 1 aliphatic rings. The number of aromatic carboxylic acids is 1. The normalized spacial score (nSPS) is 19.1. The van der Waals surface area contributed by atoms with E-state index in [9.17, 15) is 4.79 Å². The van der Waals surface area contributed by atoms with Gasteiger partial charge in [-0.05, 0) is 12.5 Å². The molecular formula is C12H14N2O3S. The van der Waals surface area contributed by atoms with E-state index >= 15 is 0 Å². The van der Waals surface area contributed by atoms with Gasteiger partial charge >= 0.3 is 5.97 Å². The lowest BCUT2D eigenvalue weighted by Gasteiger charge is -2.27. The van der Waals surface area contributed by atoms with E-state index in [4.69, 9.17) is 9.84 Å². The quantitative estimate of drug-likeness (QED) is 0.921. The number of aryl methyl sites for hydroxylation is 1. The minimum Gasteiger partial charge on any atom is -0.477 e. The first-order valence-corrected chi connectivity index (χ1v) is 6.84. The number of nitrogens with zero attached hydrogens (tertiary/aromatic N) is 2. The Labute approximate surface area is 108 Å². The van der Waals surface area contributed by atoms with Gasteiger partial charge in [0.2, 0.25) is 0 Å². The summed E-state index contributed by atoms with van der Waals surface area (Å²) in [6.07, 6.45) is 2.16. The zero-order valence-electron chi connectivity index (χ0n) is 10.0. The molecule has 0 amide bonds. The van der Waals surface area contributed by atoms with Crippen LogP contribution in [0.1, 0.15) is 28.8 Å². The van der Waals surface area contributed by atoms with E-state index < -0.39 is 5.97 Å². The number of carboxylic acids is 1. The molecule has 1 aliphatic heterocycles. The number of thiophene rings is 1. The predicted molar refractivity (Wildman–Crippen MR) is 68.3 cm³/mol. The van der Waals surface area contributed by atoms with E-state index in [2.05, 4.69) is 16.5 Å². The van der Waals surface area contributed by atoms with E-state index in [-0.39, 0.29) is 6.10 Å². The highest BCUT2D eigenvalue weighted by atomic mass is 32.1. The summed E-state index contributed by atoms with van der Waals surface area (Å²) in [5.41, 5.74) is 0.921. The maximum Gasteiger partial charge on any atom is 0.346 e. The molecule has 18 heavy (non-hydrogen) atoms. The number of carboxylic acid groups (broad SMARTS) is 1. The smallest absolute Gasteiger partial charge is 0.346 e. The molecule has 2 aromatic heterocycles. The van der Waals surface area contributed by atoms with Crippen LogP contribution in [0.5, 0.6) is 0 Å². The average molecular weight is 266 g/mol. The van der Waals surface area contributed by atoms with Gasteiger partial charge in [0.1, 0.15) is 15.5 Å². The molecule has 1 unspecified atom stereocenters. The third-order valence-corrected chi connectivity index (χ3v) is 4.24. The lowest BCUT2D eigenvalue weighted by Crippen LogP contribution is -2.31. The summed E-state index contributed by atoms with van der Waals surface area (Å²) >= 11 is 1.24. The van der Waals surface area contributed by atoms with E-state index in [1.807, 2.05) is 0 Å². The maximum absolute atomic E-state index is 11.0. The molecule has 0 aliphatic carbocycles. The molecule has 2 aromatic rings. The van der Waals surface area contributed by atoms with Crippen molar-refractivity contribution in [3.63, 3.8) is 0 Å². The summed E-state index contributed by atoms with van der Waals surface area (Å²) in [6, 6.07) is 1.72. The Balaban J connectivity index is 2.03. The monoisotopic (exact) mass is 266 g/mol. The second-order valence-corrected chi connectivity index (χ2v) is 5.41. The highest BCUT2D eigenvalue weighted by molar-refractivity contribution is 7.20. The molecule has 0 saturated carbocycles. The summed E-state index contributed by atoms with van der Waals surface area (Å²) in [7, 11) is 0.